The second-order valence-corrected chi connectivity index (χ2v) is 8.33. The number of aliphatic carboxylic acids is 1. The zero-order valence-electron chi connectivity index (χ0n) is 16.9. The van der Waals surface area contributed by atoms with Gasteiger partial charge >= 0.3 is 5.97 Å². The molecule has 0 saturated carbocycles. The van der Waals surface area contributed by atoms with E-state index in [1.54, 1.807) is 12.1 Å². The van der Waals surface area contributed by atoms with Crippen molar-refractivity contribution in [2.45, 2.75) is 44.1 Å². The molecule has 0 aliphatic carbocycles. The SMILES string of the molecule is Cl.NCCCCc1ccc(C[C@@H]2C[C@@H](C(=O)O)N(NC=O)c3cc(Cl)cc(Cl)c32)cc1. The number of carbonyl (C=O) groups excluding carboxylic acids is 1. The van der Waals surface area contributed by atoms with E-state index in [-0.39, 0.29) is 18.3 Å². The van der Waals surface area contributed by atoms with Crippen LogP contribution in [0.4, 0.5) is 5.69 Å². The normalized spacial score (nSPS) is 17.5. The molecule has 1 aliphatic heterocycles. The molecular formula is C22H26Cl3N3O3. The molecule has 0 bridgehead atoms. The molecular weight excluding hydrogens is 461 g/mol. The number of carbonyl (C=O) groups is 2. The van der Waals surface area contributed by atoms with Gasteiger partial charge in [-0.1, -0.05) is 47.5 Å². The summed E-state index contributed by atoms with van der Waals surface area (Å²) in [5.74, 6) is -1.15. The smallest absolute Gasteiger partial charge is 0.328 e. The Hall–Kier alpha value is -1.99. The molecule has 2 aromatic rings. The molecule has 168 valence electrons. The molecule has 31 heavy (non-hydrogen) atoms. The molecule has 0 spiro atoms. The molecule has 4 N–H and O–H groups in total. The summed E-state index contributed by atoms with van der Waals surface area (Å²) >= 11 is 12.7. The summed E-state index contributed by atoms with van der Waals surface area (Å²) < 4.78 is 0. The van der Waals surface area contributed by atoms with Crippen molar-refractivity contribution in [3.63, 3.8) is 0 Å². The Morgan fingerprint density at radius 3 is 2.48 bits per heavy atom. The van der Waals surface area contributed by atoms with Crippen LogP contribution in [-0.4, -0.2) is 30.1 Å². The van der Waals surface area contributed by atoms with Crippen LogP contribution < -0.4 is 16.2 Å². The highest BCUT2D eigenvalue weighted by atomic mass is 35.5. The molecule has 0 radical (unpaired) electrons. The van der Waals surface area contributed by atoms with Gasteiger partial charge in [0.1, 0.15) is 6.04 Å². The van der Waals surface area contributed by atoms with Gasteiger partial charge in [-0.05, 0) is 73.4 Å². The number of unbranched alkanes of at least 4 members (excludes halogenated alkanes) is 1. The second kappa shape index (κ2) is 11.6. The van der Waals surface area contributed by atoms with Crippen molar-refractivity contribution in [1.82, 2.24) is 5.43 Å². The molecule has 3 rings (SSSR count). The summed E-state index contributed by atoms with van der Waals surface area (Å²) in [6, 6.07) is 10.7. The van der Waals surface area contributed by atoms with Crippen LogP contribution in [0.25, 0.3) is 0 Å². The highest BCUT2D eigenvalue weighted by molar-refractivity contribution is 6.35. The van der Waals surface area contributed by atoms with E-state index in [0.29, 0.717) is 41.5 Å². The summed E-state index contributed by atoms with van der Waals surface area (Å²) in [6.45, 7) is 0.699. The van der Waals surface area contributed by atoms with E-state index in [2.05, 4.69) is 29.7 Å². The van der Waals surface area contributed by atoms with Crippen LogP contribution >= 0.6 is 35.6 Å². The Kier molecular flexibility index (Phi) is 9.44. The third-order valence-corrected chi connectivity index (χ3v) is 5.99. The van der Waals surface area contributed by atoms with Gasteiger partial charge in [0.15, 0.2) is 0 Å². The molecule has 1 aliphatic rings. The van der Waals surface area contributed by atoms with E-state index in [0.717, 1.165) is 30.4 Å². The average Bonchev–Trinajstić information content (AvgIpc) is 2.70. The Morgan fingerprint density at radius 2 is 1.87 bits per heavy atom. The van der Waals surface area contributed by atoms with Crippen LogP contribution in [0.5, 0.6) is 0 Å². The minimum absolute atomic E-state index is 0. The number of nitrogens with two attached hydrogens (primary N) is 1. The topological polar surface area (TPSA) is 95.7 Å². The first-order valence-electron chi connectivity index (χ1n) is 9.93. The lowest BCUT2D eigenvalue weighted by Crippen LogP contribution is -2.53. The Morgan fingerprint density at radius 1 is 1.19 bits per heavy atom. The number of hydrazine groups is 1. The summed E-state index contributed by atoms with van der Waals surface area (Å²) in [4.78, 5) is 23.0. The monoisotopic (exact) mass is 485 g/mol. The van der Waals surface area contributed by atoms with Gasteiger partial charge in [0, 0.05) is 10.0 Å². The predicted molar refractivity (Wildman–Crippen MR) is 126 cm³/mol. The van der Waals surface area contributed by atoms with Crippen LogP contribution in [0, 0.1) is 0 Å². The van der Waals surface area contributed by atoms with Gasteiger partial charge in [-0.2, -0.15) is 0 Å². The van der Waals surface area contributed by atoms with Crippen LogP contribution in [0.15, 0.2) is 36.4 Å². The van der Waals surface area contributed by atoms with E-state index >= 15 is 0 Å². The highest BCUT2D eigenvalue weighted by Crippen LogP contribution is 2.44. The highest BCUT2D eigenvalue weighted by Gasteiger charge is 2.38. The van der Waals surface area contributed by atoms with Crippen molar-refractivity contribution in [2.24, 2.45) is 5.73 Å². The van der Waals surface area contributed by atoms with Gasteiger partial charge in [-0.15, -0.1) is 12.4 Å². The molecule has 0 saturated heterocycles. The maximum Gasteiger partial charge on any atom is 0.328 e. The number of hydrogen-bond donors (Lipinski definition) is 3. The van der Waals surface area contributed by atoms with E-state index in [4.69, 9.17) is 28.9 Å². The fraction of sp³-hybridized carbons (Fsp3) is 0.364. The number of anilines is 1. The van der Waals surface area contributed by atoms with Crippen LogP contribution in [-0.2, 0) is 22.4 Å². The molecule has 2 atom stereocenters. The van der Waals surface area contributed by atoms with Gasteiger partial charge in [0.2, 0.25) is 6.41 Å². The standard InChI is InChI=1S/C22H25Cl2N3O3.ClH/c23-17-11-18(24)21-16(9-15-6-4-14(5-7-15)3-1-2-8-25)10-20(22(29)30)27(26-13-28)19(21)12-17;/h4-7,11-13,16,20H,1-3,8-10,25H2,(H,26,28)(H,29,30);1H/t16-,20+;/m1./s1. The predicted octanol–water partition coefficient (Wildman–Crippen LogP) is 4.35. The second-order valence-electron chi connectivity index (χ2n) is 7.49. The number of carboxylic acids is 1. The zero-order valence-corrected chi connectivity index (χ0v) is 19.2. The van der Waals surface area contributed by atoms with E-state index < -0.39 is 12.0 Å². The van der Waals surface area contributed by atoms with Gasteiger partial charge in [-0.25, -0.2) is 4.79 Å². The maximum absolute atomic E-state index is 11.9. The first-order chi connectivity index (χ1) is 14.4. The Balaban J connectivity index is 0.00000341. The third kappa shape index (κ3) is 6.04. The number of hydrogen-bond acceptors (Lipinski definition) is 4. The quantitative estimate of drug-likeness (QED) is 0.362. The van der Waals surface area contributed by atoms with E-state index in [9.17, 15) is 14.7 Å². The number of rotatable bonds is 9. The van der Waals surface area contributed by atoms with E-state index in [1.165, 1.54) is 10.6 Å². The number of nitrogens with zero attached hydrogens (tertiary/aromatic N) is 1. The first kappa shape index (κ1) is 25.3. The number of fused-ring (bicyclic) bond motifs is 1. The van der Waals surface area contributed by atoms with Crippen molar-refractivity contribution in [1.29, 1.82) is 0 Å². The maximum atomic E-state index is 11.9. The van der Waals surface area contributed by atoms with Crippen molar-refractivity contribution >= 4 is 53.7 Å². The van der Waals surface area contributed by atoms with Gasteiger partial charge < -0.3 is 10.8 Å². The molecule has 9 heteroatoms. The fourth-order valence-electron chi connectivity index (χ4n) is 4.05. The Bertz CT molecular complexity index is 909. The Labute approximate surface area is 198 Å². The molecule has 2 aromatic carbocycles. The van der Waals surface area contributed by atoms with Crippen LogP contribution in [0.1, 0.15) is 41.9 Å². The average molecular weight is 487 g/mol. The molecule has 0 aromatic heterocycles. The summed E-state index contributed by atoms with van der Waals surface area (Å²) in [5.41, 5.74) is 11.7. The van der Waals surface area contributed by atoms with Crippen molar-refractivity contribution in [3.05, 3.63) is 63.1 Å². The summed E-state index contributed by atoms with van der Waals surface area (Å²) in [6.07, 6.45) is 4.45. The van der Waals surface area contributed by atoms with Crippen LogP contribution in [0.3, 0.4) is 0 Å². The minimum Gasteiger partial charge on any atom is -0.480 e. The lowest BCUT2D eigenvalue weighted by atomic mass is 9.82. The van der Waals surface area contributed by atoms with Crippen molar-refractivity contribution < 1.29 is 14.7 Å². The minimum atomic E-state index is -1.02. The number of aryl methyl sites for hydroxylation is 1. The third-order valence-electron chi connectivity index (χ3n) is 5.46. The molecule has 0 fully saturated rings. The molecule has 1 heterocycles. The zero-order chi connectivity index (χ0) is 21.7. The lowest BCUT2D eigenvalue weighted by Gasteiger charge is -2.39. The number of nitrogens with one attached hydrogen (secondary N) is 1. The number of halogens is 3. The van der Waals surface area contributed by atoms with Crippen LogP contribution in [0.2, 0.25) is 10.0 Å². The largest absolute Gasteiger partial charge is 0.480 e. The van der Waals surface area contributed by atoms with Gasteiger partial charge in [-0.3, -0.25) is 15.2 Å². The fourth-order valence-corrected chi connectivity index (χ4v) is 4.69. The number of carboxylic acid groups (broad SMARTS) is 1. The lowest BCUT2D eigenvalue weighted by molar-refractivity contribution is -0.139. The van der Waals surface area contributed by atoms with Gasteiger partial charge in [0.05, 0.1) is 5.69 Å². The summed E-state index contributed by atoms with van der Waals surface area (Å²) in [7, 11) is 0. The van der Waals surface area contributed by atoms with E-state index in [1.807, 2.05) is 0 Å². The molecule has 0 unspecified atom stereocenters. The number of amides is 1. The molecule has 1 amide bonds. The van der Waals surface area contributed by atoms with Crippen molar-refractivity contribution in [2.75, 3.05) is 11.6 Å². The number of benzene rings is 2. The summed E-state index contributed by atoms with van der Waals surface area (Å²) in [5, 5.41) is 11.9. The first-order valence-corrected chi connectivity index (χ1v) is 10.7. The van der Waals surface area contributed by atoms with Crippen molar-refractivity contribution in [3.8, 4) is 0 Å². The molecule has 6 nitrogen and oxygen atoms in total. The van der Waals surface area contributed by atoms with Gasteiger partial charge in [0.25, 0.3) is 0 Å².